The summed E-state index contributed by atoms with van der Waals surface area (Å²) in [4.78, 5) is 5.19. The lowest BCUT2D eigenvalue weighted by molar-refractivity contribution is 0.376. The Morgan fingerprint density at radius 3 is 2.29 bits per heavy atom. The molecule has 0 radical (unpaired) electrons. The summed E-state index contributed by atoms with van der Waals surface area (Å²) in [5, 5.41) is 0. The molecule has 0 bridgehead atoms. The Labute approximate surface area is 164 Å². The SMILES string of the molecule is c1ccc(OCC2=N[C@@H](c3ccccc3)c3ccccc3-n3cccc32)cc1. The maximum Gasteiger partial charge on any atom is 0.132 e. The molecule has 4 aromatic rings. The van der Waals surface area contributed by atoms with Crippen LogP contribution in [0, 0.1) is 0 Å². The van der Waals surface area contributed by atoms with Crippen molar-refractivity contribution in [3.05, 3.63) is 120 Å². The summed E-state index contributed by atoms with van der Waals surface area (Å²) < 4.78 is 8.28. The first-order valence-electron chi connectivity index (χ1n) is 9.46. The second-order valence-electron chi connectivity index (χ2n) is 6.81. The minimum Gasteiger partial charge on any atom is -0.487 e. The van der Waals surface area contributed by atoms with Crippen LogP contribution < -0.4 is 4.74 Å². The molecule has 0 N–H and O–H groups in total. The standard InChI is InChI=1S/C25H20N2O/c1-3-10-19(11-4-1)25-21-14-7-8-15-23(21)27-17-9-16-24(27)22(26-25)18-28-20-12-5-2-6-13-20/h1-17,25H,18H2/t25-/m0/s1. The number of hydrogen-bond donors (Lipinski definition) is 0. The van der Waals surface area contributed by atoms with Gasteiger partial charge in [-0.1, -0.05) is 66.7 Å². The van der Waals surface area contributed by atoms with Crippen LogP contribution in [0.4, 0.5) is 0 Å². The topological polar surface area (TPSA) is 26.5 Å². The predicted octanol–water partition coefficient (Wildman–Crippen LogP) is 5.45. The van der Waals surface area contributed by atoms with E-state index in [4.69, 9.17) is 9.73 Å². The number of hydrogen-bond acceptors (Lipinski definition) is 2. The molecule has 0 fully saturated rings. The van der Waals surface area contributed by atoms with Crippen molar-refractivity contribution < 1.29 is 4.74 Å². The molecule has 136 valence electrons. The number of fused-ring (bicyclic) bond motifs is 3. The van der Waals surface area contributed by atoms with Crippen LogP contribution >= 0.6 is 0 Å². The average molecular weight is 364 g/mol. The molecule has 0 aliphatic carbocycles. The van der Waals surface area contributed by atoms with Gasteiger partial charge in [0, 0.05) is 11.8 Å². The van der Waals surface area contributed by atoms with E-state index in [1.54, 1.807) is 0 Å². The number of benzene rings is 3. The lowest BCUT2D eigenvalue weighted by Crippen LogP contribution is -2.16. The van der Waals surface area contributed by atoms with Crippen molar-refractivity contribution in [2.75, 3.05) is 6.61 Å². The van der Waals surface area contributed by atoms with Crippen LogP contribution in [0.15, 0.2) is 108 Å². The molecule has 1 aliphatic rings. The zero-order valence-corrected chi connectivity index (χ0v) is 15.4. The third-order valence-electron chi connectivity index (χ3n) is 5.05. The molecular formula is C25H20N2O. The molecular weight excluding hydrogens is 344 g/mol. The molecule has 1 atom stereocenters. The smallest absolute Gasteiger partial charge is 0.132 e. The summed E-state index contributed by atoms with van der Waals surface area (Å²) in [6.07, 6.45) is 2.10. The molecule has 3 aromatic carbocycles. The van der Waals surface area contributed by atoms with Crippen molar-refractivity contribution in [2.24, 2.45) is 4.99 Å². The number of rotatable bonds is 4. The van der Waals surface area contributed by atoms with Crippen molar-refractivity contribution in [3.8, 4) is 11.4 Å². The fraction of sp³-hybridized carbons (Fsp3) is 0.0800. The molecule has 3 nitrogen and oxygen atoms in total. The van der Waals surface area contributed by atoms with Gasteiger partial charge in [0.1, 0.15) is 18.4 Å². The van der Waals surface area contributed by atoms with Gasteiger partial charge in [-0.25, -0.2) is 0 Å². The summed E-state index contributed by atoms with van der Waals surface area (Å²) in [5.41, 5.74) is 5.55. The van der Waals surface area contributed by atoms with Gasteiger partial charge in [-0.3, -0.25) is 4.99 Å². The van der Waals surface area contributed by atoms with Crippen molar-refractivity contribution in [1.82, 2.24) is 4.57 Å². The lowest BCUT2D eigenvalue weighted by Gasteiger charge is -2.16. The summed E-state index contributed by atoms with van der Waals surface area (Å²) in [5.74, 6) is 0.848. The summed E-state index contributed by atoms with van der Waals surface area (Å²) in [7, 11) is 0. The fourth-order valence-electron chi connectivity index (χ4n) is 3.72. The summed E-state index contributed by atoms with van der Waals surface area (Å²) in [6, 6.07) is 32.9. The molecule has 1 aromatic heterocycles. The molecule has 5 rings (SSSR count). The van der Waals surface area contributed by atoms with E-state index >= 15 is 0 Å². The van der Waals surface area contributed by atoms with Gasteiger partial charge in [-0.05, 0) is 35.9 Å². The highest BCUT2D eigenvalue weighted by Gasteiger charge is 2.24. The van der Waals surface area contributed by atoms with Crippen LogP contribution in [0.25, 0.3) is 5.69 Å². The quantitative estimate of drug-likeness (QED) is 0.473. The van der Waals surface area contributed by atoms with Gasteiger partial charge in [0.25, 0.3) is 0 Å². The second-order valence-corrected chi connectivity index (χ2v) is 6.81. The van der Waals surface area contributed by atoms with E-state index in [1.165, 1.54) is 11.1 Å². The zero-order chi connectivity index (χ0) is 18.8. The van der Waals surface area contributed by atoms with Crippen LogP contribution in [0.3, 0.4) is 0 Å². The van der Waals surface area contributed by atoms with Gasteiger partial charge >= 0.3 is 0 Å². The highest BCUT2D eigenvalue weighted by atomic mass is 16.5. The normalized spacial score (nSPS) is 15.1. The van der Waals surface area contributed by atoms with E-state index in [9.17, 15) is 0 Å². The Balaban J connectivity index is 1.62. The van der Waals surface area contributed by atoms with Crippen molar-refractivity contribution in [2.45, 2.75) is 6.04 Å². The Hall–Kier alpha value is -3.59. The first-order chi connectivity index (χ1) is 13.9. The summed E-state index contributed by atoms with van der Waals surface area (Å²) in [6.45, 7) is 0.422. The molecule has 2 heterocycles. The lowest BCUT2D eigenvalue weighted by atomic mass is 9.98. The second kappa shape index (κ2) is 7.20. The van der Waals surface area contributed by atoms with Crippen LogP contribution in [-0.4, -0.2) is 16.9 Å². The third-order valence-corrected chi connectivity index (χ3v) is 5.05. The molecule has 0 unspecified atom stereocenters. The maximum absolute atomic E-state index is 6.07. The predicted molar refractivity (Wildman–Crippen MR) is 113 cm³/mol. The van der Waals surface area contributed by atoms with E-state index in [-0.39, 0.29) is 6.04 Å². The first-order valence-corrected chi connectivity index (χ1v) is 9.46. The van der Waals surface area contributed by atoms with E-state index in [1.807, 2.05) is 36.4 Å². The van der Waals surface area contributed by atoms with E-state index in [0.717, 1.165) is 22.8 Å². The number of aliphatic imine (C=N–C) groups is 1. The minimum absolute atomic E-state index is 0.0633. The van der Waals surface area contributed by atoms with Gasteiger partial charge in [0.05, 0.1) is 17.1 Å². The Kier molecular flexibility index (Phi) is 4.26. The van der Waals surface area contributed by atoms with Crippen molar-refractivity contribution >= 4 is 5.71 Å². The Morgan fingerprint density at radius 2 is 1.46 bits per heavy atom. The molecule has 0 saturated heterocycles. The van der Waals surface area contributed by atoms with E-state index < -0.39 is 0 Å². The van der Waals surface area contributed by atoms with E-state index in [0.29, 0.717) is 6.61 Å². The Morgan fingerprint density at radius 1 is 0.750 bits per heavy atom. The highest BCUT2D eigenvalue weighted by Crippen LogP contribution is 2.34. The van der Waals surface area contributed by atoms with Gasteiger partial charge < -0.3 is 9.30 Å². The van der Waals surface area contributed by atoms with Crippen molar-refractivity contribution in [3.63, 3.8) is 0 Å². The summed E-state index contributed by atoms with van der Waals surface area (Å²) >= 11 is 0. The molecule has 0 spiro atoms. The van der Waals surface area contributed by atoms with Gasteiger partial charge in [0.2, 0.25) is 0 Å². The Bertz CT molecular complexity index is 1110. The first kappa shape index (κ1) is 16.6. The number of nitrogens with zero attached hydrogens (tertiary/aromatic N) is 2. The van der Waals surface area contributed by atoms with Crippen LogP contribution in [0.1, 0.15) is 22.9 Å². The molecule has 3 heteroatoms. The monoisotopic (exact) mass is 364 g/mol. The third kappa shape index (κ3) is 3.01. The molecule has 1 aliphatic heterocycles. The number of ether oxygens (including phenoxy) is 1. The zero-order valence-electron chi connectivity index (χ0n) is 15.4. The number of para-hydroxylation sites is 2. The van der Waals surface area contributed by atoms with Crippen LogP contribution in [-0.2, 0) is 0 Å². The number of aromatic nitrogens is 1. The highest BCUT2D eigenvalue weighted by molar-refractivity contribution is 6.02. The van der Waals surface area contributed by atoms with Crippen LogP contribution in [0.2, 0.25) is 0 Å². The molecule has 28 heavy (non-hydrogen) atoms. The van der Waals surface area contributed by atoms with Gasteiger partial charge in [-0.15, -0.1) is 0 Å². The van der Waals surface area contributed by atoms with E-state index in [2.05, 4.69) is 71.4 Å². The van der Waals surface area contributed by atoms with Gasteiger partial charge in [-0.2, -0.15) is 0 Å². The molecule has 0 amide bonds. The molecule has 0 saturated carbocycles. The van der Waals surface area contributed by atoms with Crippen molar-refractivity contribution in [1.29, 1.82) is 0 Å². The fourth-order valence-corrected chi connectivity index (χ4v) is 3.72. The average Bonchev–Trinajstić information content (AvgIpc) is 3.20. The minimum atomic E-state index is -0.0633. The van der Waals surface area contributed by atoms with Crippen LogP contribution in [0.5, 0.6) is 5.75 Å². The maximum atomic E-state index is 6.07. The largest absolute Gasteiger partial charge is 0.487 e. The van der Waals surface area contributed by atoms with Gasteiger partial charge in [0.15, 0.2) is 0 Å².